The molecule has 3 aromatic rings. The number of piperidine rings is 1. The van der Waals surface area contributed by atoms with Crippen LogP contribution in [0.2, 0.25) is 0 Å². The number of carbonyl (C=O) groups excluding carboxylic acids is 1. The summed E-state index contributed by atoms with van der Waals surface area (Å²) in [4.78, 5) is 28.2. The van der Waals surface area contributed by atoms with Crippen molar-refractivity contribution in [3.05, 3.63) is 52.1 Å². The monoisotopic (exact) mass is 450 g/mol. The van der Waals surface area contributed by atoms with Crippen molar-refractivity contribution in [3.63, 3.8) is 0 Å². The van der Waals surface area contributed by atoms with E-state index < -0.39 is 0 Å². The summed E-state index contributed by atoms with van der Waals surface area (Å²) in [5, 5.41) is 12.5. The molecule has 0 saturated carbocycles. The van der Waals surface area contributed by atoms with Crippen molar-refractivity contribution in [2.45, 2.75) is 65.5 Å². The zero-order valence-electron chi connectivity index (χ0n) is 19.9. The summed E-state index contributed by atoms with van der Waals surface area (Å²) < 4.78 is 3.02. The molecule has 3 heterocycles. The molecule has 1 atom stereocenters. The van der Waals surface area contributed by atoms with Crippen LogP contribution in [-0.4, -0.2) is 56.0 Å². The lowest BCUT2D eigenvalue weighted by Crippen LogP contribution is -2.41. The van der Waals surface area contributed by atoms with Gasteiger partial charge in [-0.15, -0.1) is 0 Å². The first-order valence-electron chi connectivity index (χ1n) is 12.0. The Labute approximate surface area is 194 Å². The quantitative estimate of drug-likeness (QED) is 0.534. The van der Waals surface area contributed by atoms with Gasteiger partial charge in [-0.25, -0.2) is 9.36 Å². The molecule has 1 saturated heterocycles. The standard InChI is InChI=1S/C25H34N6O2/c1-4-20-11-8-9-15-29(20)16-10-14-26-22(32)17-30-25(33)23-19(3)31(21-12-6-5-7-13-21)28-24(23)18(2)27-30/h5-7,12-13,20H,4,8-11,14-17H2,1-3H3,(H,26,32)/t20-/m1/s1. The van der Waals surface area contributed by atoms with Gasteiger partial charge in [-0.1, -0.05) is 31.5 Å². The topological polar surface area (TPSA) is 85.1 Å². The van der Waals surface area contributed by atoms with Gasteiger partial charge in [0.05, 0.1) is 22.5 Å². The number of aryl methyl sites for hydroxylation is 2. The third-order valence-corrected chi connectivity index (χ3v) is 6.64. The number of fused-ring (bicyclic) bond motifs is 1. The highest BCUT2D eigenvalue weighted by atomic mass is 16.2. The summed E-state index contributed by atoms with van der Waals surface area (Å²) in [6.45, 7) is 8.61. The van der Waals surface area contributed by atoms with Crippen molar-refractivity contribution in [2.75, 3.05) is 19.6 Å². The fourth-order valence-corrected chi connectivity index (χ4v) is 4.86. The molecule has 33 heavy (non-hydrogen) atoms. The smallest absolute Gasteiger partial charge is 0.278 e. The van der Waals surface area contributed by atoms with Crippen LogP contribution in [0.1, 0.15) is 50.4 Å². The predicted molar refractivity (Wildman–Crippen MR) is 130 cm³/mol. The first-order chi connectivity index (χ1) is 16.0. The van der Waals surface area contributed by atoms with Crippen LogP contribution >= 0.6 is 0 Å². The van der Waals surface area contributed by atoms with E-state index in [4.69, 9.17) is 0 Å². The number of amides is 1. The van der Waals surface area contributed by atoms with E-state index in [-0.39, 0.29) is 18.0 Å². The first-order valence-corrected chi connectivity index (χ1v) is 12.0. The fraction of sp³-hybridized carbons (Fsp3) is 0.520. The average molecular weight is 451 g/mol. The minimum absolute atomic E-state index is 0.0904. The lowest BCUT2D eigenvalue weighted by Gasteiger charge is -2.35. The second kappa shape index (κ2) is 10.3. The second-order valence-electron chi connectivity index (χ2n) is 8.90. The highest BCUT2D eigenvalue weighted by molar-refractivity contribution is 5.83. The number of carbonyl (C=O) groups is 1. The molecule has 0 aliphatic carbocycles. The third-order valence-electron chi connectivity index (χ3n) is 6.64. The number of likely N-dealkylation sites (tertiary alicyclic amines) is 1. The van der Waals surface area contributed by atoms with Gasteiger partial charge in [-0.3, -0.25) is 9.59 Å². The van der Waals surface area contributed by atoms with Gasteiger partial charge >= 0.3 is 0 Å². The molecule has 2 aromatic heterocycles. The van der Waals surface area contributed by atoms with E-state index in [1.807, 2.05) is 44.2 Å². The van der Waals surface area contributed by atoms with Crippen LogP contribution in [0, 0.1) is 13.8 Å². The van der Waals surface area contributed by atoms with Crippen molar-refractivity contribution in [2.24, 2.45) is 0 Å². The SMILES string of the molecule is CC[C@@H]1CCCCN1CCCNC(=O)Cn1nc(C)c2nn(-c3ccccc3)c(C)c2c1=O. The predicted octanol–water partition coefficient (Wildman–Crippen LogP) is 2.97. The van der Waals surface area contributed by atoms with E-state index in [2.05, 4.69) is 27.3 Å². The lowest BCUT2D eigenvalue weighted by atomic mass is 10.00. The molecule has 0 bridgehead atoms. The Bertz CT molecular complexity index is 1170. The third kappa shape index (κ3) is 5.00. The van der Waals surface area contributed by atoms with Crippen molar-refractivity contribution in [1.82, 2.24) is 29.8 Å². The molecule has 1 aromatic carbocycles. The molecule has 0 spiro atoms. The number of hydrogen-bond acceptors (Lipinski definition) is 5. The Morgan fingerprint density at radius 2 is 1.94 bits per heavy atom. The van der Waals surface area contributed by atoms with Crippen LogP contribution in [-0.2, 0) is 11.3 Å². The lowest BCUT2D eigenvalue weighted by molar-refractivity contribution is -0.121. The van der Waals surface area contributed by atoms with Crippen LogP contribution in [0.3, 0.4) is 0 Å². The number of rotatable bonds is 8. The second-order valence-corrected chi connectivity index (χ2v) is 8.90. The summed E-state index contributed by atoms with van der Waals surface area (Å²) in [5.41, 5.74) is 2.54. The Kier molecular flexibility index (Phi) is 7.23. The van der Waals surface area contributed by atoms with Crippen LogP contribution in [0.15, 0.2) is 35.1 Å². The maximum absolute atomic E-state index is 13.1. The summed E-state index contributed by atoms with van der Waals surface area (Å²) in [6.07, 6.45) is 5.95. The summed E-state index contributed by atoms with van der Waals surface area (Å²) in [5.74, 6) is -0.192. The highest BCUT2D eigenvalue weighted by Crippen LogP contribution is 2.20. The zero-order valence-corrected chi connectivity index (χ0v) is 19.9. The molecule has 8 heteroatoms. The van der Waals surface area contributed by atoms with E-state index in [1.165, 1.54) is 30.4 Å². The van der Waals surface area contributed by atoms with Gasteiger partial charge < -0.3 is 10.2 Å². The highest BCUT2D eigenvalue weighted by Gasteiger charge is 2.21. The fourth-order valence-electron chi connectivity index (χ4n) is 4.86. The van der Waals surface area contributed by atoms with Gasteiger partial charge in [0.15, 0.2) is 0 Å². The molecule has 1 amide bonds. The molecule has 8 nitrogen and oxygen atoms in total. The van der Waals surface area contributed by atoms with E-state index in [0.717, 1.165) is 30.9 Å². The molecule has 1 aliphatic rings. The van der Waals surface area contributed by atoms with E-state index in [1.54, 1.807) is 4.68 Å². The largest absolute Gasteiger partial charge is 0.354 e. The molecular weight excluding hydrogens is 416 g/mol. The minimum Gasteiger partial charge on any atom is -0.354 e. The average Bonchev–Trinajstić information content (AvgIpc) is 3.19. The molecular formula is C25H34N6O2. The Morgan fingerprint density at radius 3 is 2.70 bits per heavy atom. The van der Waals surface area contributed by atoms with Gasteiger partial charge in [-0.2, -0.15) is 10.2 Å². The molecule has 176 valence electrons. The number of nitrogens with zero attached hydrogens (tertiary/aromatic N) is 5. The maximum Gasteiger partial charge on any atom is 0.278 e. The van der Waals surface area contributed by atoms with Gasteiger partial charge in [0.2, 0.25) is 5.91 Å². The van der Waals surface area contributed by atoms with E-state index in [0.29, 0.717) is 29.2 Å². The zero-order chi connectivity index (χ0) is 23.4. The van der Waals surface area contributed by atoms with E-state index in [9.17, 15) is 9.59 Å². The minimum atomic E-state index is -0.287. The molecule has 4 rings (SSSR count). The number of para-hydroxylation sites is 1. The van der Waals surface area contributed by atoms with Crippen LogP contribution in [0.4, 0.5) is 0 Å². The summed E-state index contributed by atoms with van der Waals surface area (Å²) in [7, 11) is 0. The van der Waals surface area contributed by atoms with Gasteiger partial charge in [0.1, 0.15) is 12.1 Å². The summed E-state index contributed by atoms with van der Waals surface area (Å²) >= 11 is 0. The Balaban J connectivity index is 1.42. The molecule has 1 fully saturated rings. The number of nitrogens with one attached hydrogen (secondary N) is 1. The van der Waals surface area contributed by atoms with Gasteiger partial charge in [0.25, 0.3) is 5.56 Å². The van der Waals surface area contributed by atoms with Crippen LogP contribution in [0.25, 0.3) is 16.6 Å². The first kappa shape index (κ1) is 23.2. The maximum atomic E-state index is 13.1. The molecule has 1 N–H and O–H groups in total. The Hall–Kier alpha value is -3.00. The molecule has 0 radical (unpaired) electrons. The normalized spacial score (nSPS) is 16.9. The molecule has 0 unspecified atom stereocenters. The molecule has 1 aliphatic heterocycles. The van der Waals surface area contributed by atoms with E-state index >= 15 is 0 Å². The van der Waals surface area contributed by atoms with Gasteiger partial charge in [0, 0.05) is 19.1 Å². The number of hydrogen-bond donors (Lipinski definition) is 1. The Morgan fingerprint density at radius 1 is 1.15 bits per heavy atom. The van der Waals surface area contributed by atoms with Gasteiger partial charge in [-0.05, 0) is 58.2 Å². The van der Waals surface area contributed by atoms with Crippen LogP contribution < -0.4 is 10.9 Å². The van der Waals surface area contributed by atoms with Crippen molar-refractivity contribution in [3.8, 4) is 5.69 Å². The van der Waals surface area contributed by atoms with Crippen molar-refractivity contribution in [1.29, 1.82) is 0 Å². The van der Waals surface area contributed by atoms with Crippen LogP contribution in [0.5, 0.6) is 0 Å². The van der Waals surface area contributed by atoms with Crippen molar-refractivity contribution >= 4 is 16.8 Å². The van der Waals surface area contributed by atoms with Crippen molar-refractivity contribution < 1.29 is 4.79 Å². The number of aromatic nitrogens is 4. The summed E-state index contributed by atoms with van der Waals surface area (Å²) in [6, 6.07) is 10.4. The number of benzene rings is 1.